The van der Waals surface area contributed by atoms with Gasteiger partial charge in [-0.3, -0.25) is 4.99 Å². The van der Waals surface area contributed by atoms with Gasteiger partial charge in [-0.2, -0.15) is 13.2 Å². The first kappa shape index (κ1) is 20.3. The molecule has 6 nitrogen and oxygen atoms in total. The standard InChI is InChI=1S/C17H26F3N5O/c1-21-16(23-8-11-25-9-3-2-4-10-25)24-12-14-6-5-7-22-15(14)26-13-17(18,19)20/h5-7H,2-4,8-13H2,1H3,(H2,21,23,24). The lowest BCUT2D eigenvalue weighted by atomic mass is 10.1. The molecule has 0 atom stereocenters. The molecule has 2 rings (SSSR count). The van der Waals surface area contributed by atoms with Crippen LogP contribution in [0.25, 0.3) is 0 Å². The van der Waals surface area contributed by atoms with Crippen molar-refractivity contribution < 1.29 is 17.9 Å². The van der Waals surface area contributed by atoms with Crippen LogP contribution in [-0.4, -0.2) is 61.9 Å². The molecule has 0 spiro atoms. The van der Waals surface area contributed by atoms with Crippen LogP contribution in [0, 0.1) is 0 Å². The Bertz CT molecular complexity index is 574. The van der Waals surface area contributed by atoms with E-state index in [1.807, 2.05) is 0 Å². The van der Waals surface area contributed by atoms with Gasteiger partial charge >= 0.3 is 6.18 Å². The number of hydrogen-bond acceptors (Lipinski definition) is 4. The molecule has 146 valence electrons. The van der Waals surface area contributed by atoms with Gasteiger partial charge in [0.2, 0.25) is 5.88 Å². The zero-order chi connectivity index (χ0) is 18.8. The smallest absolute Gasteiger partial charge is 0.422 e. The maximum Gasteiger partial charge on any atom is 0.422 e. The Kier molecular flexibility index (Phi) is 7.96. The number of nitrogens with zero attached hydrogens (tertiary/aromatic N) is 3. The highest BCUT2D eigenvalue weighted by molar-refractivity contribution is 5.79. The lowest BCUT2D eigenvalue weighted by Gasteiger charge is -2.26. The van der Waals surface area contributed by atoms with E-state index in [0.717, 1.165) is 26.2 Å². The fourth-order valence-corrected chi connectivity index (χ4v) is 2.75. The van der Waals surface area contributed by atoms with Crippen LogP contribution in [0.3, 0.4) is 0 Å². The number of nitrogens with one attached hydrogen (secondary N) is 2. The summed E-state index contributed by atoms with van der Waals surface area (Å²) in [7, 11) is 1.65. The van der Waals surface area contributed by atoms with E-state index in [4.69, 9.17) is 4.74 Å². The van der Waals surface area contributed by atoms with Crippen LogP contribution in [0.2, 0.25) is 0 Å². The van der Waals surface area contributed by atoms with Gasteiger partial charge in [0.15, 0.2) is 12.6 Å². The highest BCUT2D eigenvalue weighted by Gasteiger charge is 2.29. The van der Waals surface area contributed by atoms with Crippen molar-refractivity contribution in [3.63, 3.8) is 0 Å². The molecule has 0 bridgehead atoms. The second kappa shape index (κ2) is 10.2. The van der Waals surface area contributed by atoms with Crippen molar-refractivity contribution in [2.45, 2.75) is 32.0 Å². The molecule has 1 aromatic heterocycles. The number of hydrogen-bond donors (Lipinski definition) is 2. The second-order valence-corrected chi connectivity index (χ2v) is 6.13. The molecule has 0 unspecified atom stereocenters. The molecule has 1 aliphatic heterocycles. The summed E-state index contributed by atoms with van der Waals surface area (Å²) in [6.45, 7) is 2.86. The van der Waals surface area contributed by atoms with Gasteiger partial charge in [0, 0.05) is 38.4 Å². The summed E-state index contributed by atoms with van der Waals surface area (Å²) in [6, 6.07) is 3.33. The van der Waals surface area contributed by atoms with E-state index in [9.17, 15) is 13.2 Å². The lowest BCUT2D eigenvalue weighted by Crippen LogP contribution is -2.42. The van der Waals surface area contributed by atoms with Crippen molar-refractivity contribution in [3.8, 4) is 5.88 Å². The van der Waals surface area contributed by atoms with Crippen molar-refractivity contribution in [2.24, 2.45) is 4.99 Å². The van der Waals surface area contributed by atoms with E-state index in [-0.39, 0.29) is 12.4 Å². The van der Waals surface area contributed by atoms with Gasteiger partial charge in [-0.25, -0.2) is 4.98 Å². The Balaban J connectivity index is 1.78. The van der Waals surface area contributed by atoms with Gasteiger partial charge in [-0.05, 0) is 32.0 Å². The zero-order valence-corrected chi connectivity index (χ0v) is 15.0. The molecule has 1 fully saturated rings. The Morgan fingerprint density at radius 1 is 1.27 bits per heavy atom. The summed E-state index contributed by atoms with van der Waals surface area (Å²) in [5.74, 6) is 0.564. The van der Waals surface area contributed by atoms with E-state index >= 15 is 0 Å². The fourth-order valence-electron chi connectivity index (χ4n) is 2.75. The summed E-state index contributed by atoms with van der Waals surface area (Å²) < 4.78 is 41.8. The summed E-state index contributed by atoms with van der Waals surface area (Å²) in [6.07, 6.45) is 0.801. The quantitative estimate of drug-likeness (QED) is 0.567. The number of pyridine rings is 1. The van der Waals surface area contributed by atoms with Gasteiger partial charge in [0.1, 0.15) is 0 Å². The number of piperidine rings is 1. The molecule has 0 aliphatic carbocycles. The van der Waals surface area contributed by atoms with Crippen LogP contribution in [-0.2, 0) is 6.54 Å². The largest absolute Gasteiger partial charge is 0.468 e. The monoisotopic (exact) mass is 373 g/mol. The number of likely N-dealkylation sites (tertiary alicyclic amines) is 1. The summed E-state index contributed by atoms with van der Waals surface area (Å²) >= 11 is 0. The number of halogens is 3. The van der Waals surface area contributed by atoms with E-state index in [0.29, 0.717) is 11.5 Å². The third-order valence-corrected chi connectivity index (χ3v) is 4.06. The number of rotatable bonds is 7. The minimum Gasteiger partial charge on any atom is -0.468 e. The van der Waals surface area contributed by atoms with Crippen LogP contribution in [0.15, 0.2) is 23.3 Å². The maximum atomic E-state index is 12.3. The number of aromatic nitrogens is 1. The Labute approximate surface area is 151 Å². The van der Waals surface area contributed by atoms with Crippen LogP contribution >= 0.6 is 0 Å². The molecule has 9 heteroatoms. The first-order valence-corrected chi connectivity index (χ1v) is 8.78. The predicted molar refractivity (Wildman–Crippen MR) is 94.3 cm³/mol. The molecule has 2 N–H and O–H groups in total. The van der Waals surface area contributed by atoms with E-state index in [1.54, 1.807) is 19.2 Å². The molecule has 1 aliphatic rings. The van der Waals surface area contributed by atoms with Crippen LogP contribution in [0.1, 0.15) is 24.8 Å². The molecule has 1 saturated heterocycles. The third-order valence-electron chi connectivity index (χ3n) is 4.06. The normalized spacial score (nSPS) is 16.4. The van der Waals surface area contributed by atoms with E-state index in [1.165, 1.54) is 25.5 Å². The summed E-state index contributed by atoms with van der Waals surface area (Å²) in [5, 5.41) is 6.30. The van der Waals surface area contributed by atoms with E-state index in [2.05, 4.69) is 25.5 Å². The minimum atomic E-state index is -4.39. The van der Waals surface area contributed by atoms with E-state index < -0.39 is 12.8 Å². The number of ether oxygens (including phenoxy) is 1. The lowest BCUT2D eigenvalue weighted by molar-refractivity contribution is -0.154. The van der Waals surface area contributed by atoms with Crippen LogP contribution in [0.4, 0.5) is 13.2 Å². The number of guanidine groups is 1. The summed E-state index contributed by atoms with van der Waals surface area (Å²) in [4.78, 5) is 10.4. The Morgan fingerprint density at radius 3 is 2.73 bits per heavy atom. The topological polar surface area (TPSA) is 61.8 Å². The van der Waals surface area contributed by atoms with Crippen molar-refractivity contribution >= 4 is 5.96 Å². The molecule has 0 amide bonds. The highest BCUT2D eigenvalue weighted by atomic mass is 19.4. The molecular weight excluding hydrogens is 347 g/mol. The number of aliphatic imine (C=N–C) groups is 1. The second-order valence-electron chi connectivity index (χ2n) is 6.13. The molecule has 0 saturated carbocycles. The van der Waals surface area contributed by atoms with Crippen molar-refractivity contribution in [1.82, 2.24) is 20.5 Å². The summed E-state index contributed by atoms with van der Waals surface area (Å²) in [5.41, 5.74) is 0.538. The van der Waals surface area contributed by atoms with Gasteiger partial charge < -0.3 is 20.3 Å². The van der Waals surface area contributed by atoms with Gasteiger partial charge in [-0.15, -0.1) is 0 Å². The molecule has 0 aromatic carbocycles. The first-order chi connectivity index (χ1) is 12.5. The molecule has 26 heavy (non-hydrogen) atoms. The van der Waals surface area contributed by atoms with Crippen molar-refractivity contribution in [3.05, 3.63) is 23.9 Å². The first-order valence-electron chi connectivity index (χ1n) is 8.78. The average molecular weight is 373 g/mol. The van der Waals surface area contributed by atoms with Gasteiger partial charge in [-0.1, -0.05) is 12.5 Å². The predicted octanol–water partition coefficient (Wildman–Crippen LogP) is 2.17. The Morgan fingerprint density at radius 2 is 2.04 bits per heavy atom. The number of alkyl halides is 3. The van der Waals surface area contributed by atoms with Crippen LogP contribution in [0.5, 0.6) is 5.88 Å². The van der Waals surface area contributed by atoms with Crippen molar-refractivity contribution in [1.29, 1.82) is 0 Å². The fraction of sp³-hybridized carbons (Fsp3) is 0.647. The van der Waals surface area contributed by atoms with Gasteiger partial charge in [0.05, 0.1) is 0 Å². The third kappa shape index (κ3) is 7.47. The van der Waals surface area contributed by atoms with Crippen LogP contribution < -0.4 is 15.4 Å². The Hall–Kier alpha value is -2.03. The highest BCUT2D eigenvalue weighted by Crippen LogP contribution is 2.19. The maximum absolute atomic E-state index is 12.3. The minimum absolute atomic E-state index is 0.0268. The zero-order valence-electron chi connectivity index (χ0n) is 15.0. The van der Waals surface area contributed by atoms with Crippen molar-refractivity contribution in [2.75, 3.05) is 39.8 Å². The molecular formula is C17H26F3N5O. The molecule has 2 heterocycles. The van der Waals surface area contributed by atoms with Gasteiger partial charge in [0.25, 0.3) is 0 Å². The molecule has 0 radical (unpaired) electrons. The molecule has 1 aromatic rings. The average Bonchev–Trinajstić information content (AvgIpc) is 2.63. The SMILES string of the molecule is CN=C(NCCN1CCCCC1)NCc1cccnc1OCC(F)(F)F.